The lowest BCUT2D eigenvalue weighted by Gasteiger charge is -2.34. The van der Waals surface area contributed by atoms with Gasteiger partial charge in [-0.3, -0.25) is 9.36 Å². The first-order valence-electron chi connectivity index (χ1n) is 9.74. The van der Waals surface area contributed by atoms with Crippen molar-refractivity contribution in [3.8, 4) is 5.75 Å². The van der Waals surface area contributed by atoms with Crippen LogP contribution in [0.2, 0.25) is 0 Å². The van der Waals surface area contributed by atoms with Crippen LogP contribution in [0.1, 0.15) is 37.6 Å². The second-order valence-corrected chi connectivity index (χ2v) is 8.59. The fourth-order valence-corrected chi connectivity index (χ4v) is 3.39. The van der Waals surface area contributed by atoms with Gasteiger partial charge in [-0.25, -0.2) is 0 Å². The molecule has 2 aromatic rings. The molecule has 0 spiro atoms. The molecule has 0 radical (unpaired) electrons. The summed E-state index contributed by atoms with van der Waals surface area (Å²) in [6, 6.07) is 5.92. The van der Waals surface area contributed by atoms with Crippen LogP contribution in [0.15, 0.2) is 48.4 Å². The number of benzene rings is 1. The molecule has 0 N–H and O–H groups in total. The first kappa shape index (κ1) is 20.2. The number of hydrogen-bond donors (Lipinski definition) is 0. The normalized spacial score (nSPS) is 14.7. The van der Waals surface area contributed by atoms with Crippen molar-refractivity contribution in [1.82, 2.24) is 14.4 Å². The van der Waals surface area contributed by atoms with E-state index in [1.165, 1.54) is 0 Å². The highest BCUT2D eigenvalue weighted by Crippen LogP contribution is 2.29. The van der Waals surface area contributed by atoms with Gasteiger partial charge < -0.3 is 14.5 Å². The minimum absolute atomic E-state index is 0.0323. The third-order valence-corrected chi connectivity index (χ3v) is 5.09. The van der Waals surface area contributed by atoms with E-state index in [1.807, 2.05) is 30.6 Å². The fourth-order valence-electron chi connectivity index (χ4n) is 3.39. The molecule has 150 valence electrons. The molecule has 0 saturated carbocycles. The first-order valence-corrected chi connectivity index (χ1v) is 9.74. The van der Waals surface area contributed by atoms with Crippen molar-refractivity contribution in [3.63, 3.8) is 0 Å². The Morgan fingerprint density at radius 3 is 2.64 bits per heavy atom. The summed E-state index contributed by atoms with van der Waals surface area (Å²) in [4.78, 5) is 17.6. The van der Waals surface area contributed by atoms with Gasteiger partial charge in [-0.05, 0) is 71.5 Å². The van der Waals surface area contributed by atoms with E-state index in [-0.39, 0.29) is 11.4 Å². The first-order chi connectivity index (χ1) is 13.2. The van der Waals surface area contributed by atoms with Gasteiger partial charge in [0.2, 0.25) is 0 Å². The molecule has 5 nitrogen and oxygen atoms in total. The van der Waals surface area contributed by atoms with Crippen LogP contribution in [0, 0.1) is 0 Å². The predicted octanol–water partition coefficient (Wildman–Crippen LogP) is 4.30. The molecule has 0 fully saturated rings. The molecule has 0 atom stereocenters. The van der Waals surface area contributed by atoms with Crippen LogP contribution in [0.25, 0.3) is 10.9 Å². The number of carbonyl (C=O) groups is 1. The molecule has 0 amide bonds. The maximum Gasteiger partial charge on any atom is 0.260 e. The number of rotatable bonds is 5. The topological polar surface area (TPSA) is 37.7 Å². The molecule has 28 heavy (non-hydrogen) atoms. The number of allylic oxidation sites excluding steroid dienone is 2. The Hall–Kier alpha value is -2.53. The molecule has 3 rings (SSSR count). The fraction of sp³-hybridized carbons (Fsp3) is 0.435. The maximum absolute atomic E-state index is 13.4. The molecule has 1 aromatic carbocycles. The third kappa shape index (κ3) is 4.14. The largest absolute Gasteiger partial charge is 0.497 e. The number of methoxy groups -OCH3 is 1. The van der Waals surface area contributed by atoms with E-state index in [2.05, 4.69) is 56.9 Å². The van der Waals surface area contributed by atoms with Gasteiger partial charge >= 0.3 is 0 Å². The number of hydrogen-bond acceptors (Lipinski definition) is 4. The highest BCUT2D eigenvalue weighted by atomic mass is 16.5. The molecule has 0 unspecified atom stereocenters. The van der Waals surface area contributed by atoms with E-state index in [0.717, 1.165) is 40.8 Å². The Labute approximate surface area is 167 Å². The summed E-state index contributed by atoms with van der Waals surface area (Å²) in [5.41, 5.74) is 2.82. The van der Waals surface area contributed by atoms with E-state index in [0.29, 0.717) is 6.42 Å². The van der Waals surface area contributed by atoms with Gasteiger partial charge in [-0.15, -0.1) is 0 Å². The van der Waals surface area contributed by atoms with E-state index in [1.54, 1.807) is 11.7 Å². The van der Waals surface area contributed by atoms with Gasteiger partial charge in [-0.2, -0.15) is 0 Å². The predicted molar refractivity (Wildman–Crippen MR) is 115 cm³/mol. The van der Waals surface area contributed by atoms with E-state index in [4.69, 9.17) is 4.74 Å². The second kappa shape index (κ2) is 7.84. The molecule has 2 heterocycles. The molecular weight excluding hydrogens is 350 g/mol. The van der Waals surface area contributed by atoms with Gasteiger partial charge in [0.25, 0.3) is 5.91 Å². The highest BCUT2D eigenvalue weighted by molar-refractivity contribution is 6.03. The van der Waals surface area contributed by atoms with Gasteiger partial charge in [0.15, 0.2) is 0 Å². The molecule has 0 aliphatic carbocycles. The lowest BCUT2D eigenvalue weighted by molar-refractivity contribution is 0.0953. The average molecular weight is 382 g/mol. The van der Waals surface area contributed by atoms with Crippen molar-refractivity contribution in [1.29, 1.82) is 0 Å². The number of carbonyl (C=O) groups excluding carboxylic acids is 1. The zero-order valence-corrected chi connectivity index (χ0v) is 17.8. The minimum atomic E-state index is -0.0640. The Balaban J connectivity index is 2.02. The SMILES string of the molecule is COc1ccc2c(c1)c(CCN(C)C)cn2C(=O)C1=CN(C(C)(C)C)C=CC1. The van der Waals surface area contributed by atoms with Crippen LogP contribution in [0.5, 0.6) is 5.75 Å². The monoisotopic (exact) mass is 381 g/mol. The second-order valence-electron chi connectivity index (χ2n) is 8.59. The van der Waals surface area contributed by atoms with Crippen LogP contribution >= 0.6 is 0 Å². The van der Waals surface area contributed by atoms with Crippen LogP contribution in [-0.2, 0) is 6.42 Å². The molecule has 1 aromatic heterocycles. The summed E-state index contributed by atoms with van der Waals surface area (Å²) in [5.74, 6) is 0.840. The van der Waals surface area contributed by atoms with Crippen LogP contribution < -0.4 is 4.74 Å². The summed E-state index contributed by atoms with van der Waals surface area (Å²) >= 11 is 0. The Morgan fingerprint density at radius 1 is 1.25 bits per heavy atom. The van der Waals surface area contributed by atoms with Crippen molar-refractivity contribution < 1.29 is 9.53 Å². The number of fused-ring (bicyclic) bond motifs is 1. The van der Waals surface area contributed by atoms with E-state index < -0.39 is 0 Å². The van der Waals surface area contributed by atoms with Crippen LogP contribution in [0.4, 0.5) is 0 Å². The molecule has 1 aliphatic heterocycles. The van der Waals surface area contributed by atoms with Crippen LogP contribution in [-0.4, -0.2) is 53.6 Å². The number of likely N-dealkylation sites (N-methyl/N-ethyl adjacent to an activating group) is 1. The molecule has 0 saturated heterocycles. The molecule has 5 heteroatoms. The summed E-state index contributed by atoms with van der Waals surface area (Å²) < 4.78 is 7.21. The van der Waals surface area contributed by atoms with Crippen LogP contribution in [0.3, 0.4) is 0 Å². The summed E-state index contributed by atoms with van der Waals surface area (Å²) in [6.45, 7) is 7.33. The van der Waals surface area contributed by atoms with Crippen molar-refractivity contribution in [2.45, 2.75) is 39.2 Å². The Morgan fingerprint density at radius 2 is 2.00 bits per heavy atom. The summed E-state index contributed by atoms with van der Waals surface area (Å²) in [6.07, 6.45) is 9.62. The maximum atomic E-state index is 13.4. The summed E-state index contributed by atoms with van der Waals surface area (Å²) in [7, 11) is 5.79. The van der Waals surface area contributed by atoms with E-state index in [9.17, 15) is 4.79 Å². The molecular formula is C23H31N3O2. The van der Waals surface area contributed by atoms with Crippen molar-refractivity contribution in [2.24, 2.45) is 0 Å². The molecule has 0 bridgehead atoms. The van der Waals surface area contributed by atoms with Crippen molar-refractivity contribution in [3.05, 3.63) is 54.0 Å². The number of aromatic nitrogens is 1. The Kier molecular flexibility index (Phi) is 5.66. The zero-order valence-electron chi connectivity index (χ0n) is 17.8. The lowest BCUT2D eigenvalue weighted by atomic mass is 10.0. The van der Waals surface area contributed by atoms with Crippen molar-refractivity contribution in [2.75, 3.05) is 27.7 Å². The van der Waals surface area contributed by atoms with Gasteiger partial charge in [0, 0.05) is 41.6 Å². The number of nitrogens with zero attached hydrogens (tertiary/aromatic N) is 3. The quantitative estimate of drug-likeness (QED) is 0.774. The zero-order chi connectivity index (χ0) is 20.5. The number of ether oxygens (including phenoxy) is 1. The Bertz CT molecular complexity index is 929. The standard InChI is InChI=1S/C23H31N3O2/c1-23(2,3)25-12-7-8-18(15-25)22(27)26-16-17(11-13-24(4)5)20-14-19(28-6)9-10-21(20)26/h7,9-10,12,14-16H,8,11,13H2,1-6H3. The summed E-state index contributed by atoms with van der Waals surface area (Å²) in [5, 5.41) is 1.08. The molecule has 1 aliphatic rings. The van der Waals surface area contributed by atoms with Crippen molar-refractivity contribution >= 4 is 16.8 Å². The van der Waals surface area contributed by atoms with E-state index >= 15 is 0 Å². The smallest absolute Gasteiger partial charge is 0.260 e. The van der Waals surface area contributed by atoms with Gasteiger partial charge in [-0.1, -0.05) is 6.08 Å². The van der Waals surface area contributed by atoms with Gasteiger partial charge in [0.05, 0.1) is 12.6 Å². The third-order valence-electron chi connectivity index (χ3n) is 5.09. The lowest BCUT2D eigenvalue weighted by Crippen LogP contribution is -2.35. The average Bonchev–Trinajstić information content (AvgIpc) is 3.03. The highest BCUT2D eigenvalue weighted by Gasteiger charge is 2.23. The minimum Gasteiger partial charge on any atom is -0.497 e. The van der Waals surface area contributed by atoms with Gasteiger partial charge in [0.1, 0.15) is 5.75 Å².